The van der Waals surface area contributed by atoms with Gasteiger partial charge in [0.15, 0.2) is 0 Å². The Morgan fingerprint density at radius 3 is 2.78 bits per heavy atom. The Hall–Kier alpha value is -1.77. The Morgan fingerprint density at radius 2 is 2.22 bits per heavy atom. The van der Waals surface area contributed by atoms with E-state index in [1.165, 1.54) is 16.8 Å². The summed E-state index contributed by atoms with van der Waals surface area (Å²) in [4.78, 5) is 18.6. The number of rotatable bonds is 3. The molecule has 1 unspecified atom stereocenters. The molecule has 5 nitrogen and oxygen atoms in total. The van der Waals surface area contributed by atoms with E-state index in [4.69, 9.17) is 0 Å². The van der Waals surface area contributed by atoms with Gasteiger partial charge in [-0.25, -0.2) is 4.98 Å². The molecule has 2 heterocycles. The Bertz CT molecular complexity index is 550. The zero-order valence-electron chi connectivity index (χ0n) is 8.93. The van der Waals surface area contributed by atoms with E-state index >= 15 is 0 Å². The standard InChI is InChI=1S/C9H6F3N3O2S/c1-4(6(16)9(10,11)12)8-14-7(15-17-8)5-2-18-3-13-5/h2-4H,1H3. The van der Waals surface area contributed by atoms with Gasteiger partial charge >= 0.3 is 6.18 Å². The van der Waals surface area contributed by atoms with Gasteiger partial charge in [-0.05, 0) is 6.92 Å². The highest BCUT2D eigenvalue weighted by atomic mass is 32.1. The van der Waals surface area contributed by atoms with Crippen LogP contribution in [0.2, 0.25) is 0 Å². The highest BCUT2D eigenvalue weighted by Crippen LogP contribution is 2.27. The first kappa shape index (κ1) is 12.7. The van der Waals surface area contributed by atoms with Crippen LogP contribution in [0.1, 0.15) is 18.7 Å². The van der Waals surface area contributed by atoms with Crippen molar-refractivity contribution in [2.24, 2.45) is 0 Å². The summed E-state index contributed by atoms with van der Waals surface area (Å²) < 4.78 is 41.3. The molecule has 0 radical (unpaired) electrons. The second-order valence-corrected chi connectivity index (χ2v) is 4.13. The Balaban J connectivity index is 2.23. The Labute approximate surface area is 103 Å². The summed E-state index contributed by atoms with van der Waals surface area (Å²) in [6.07, 6.45) is -4.92. The van der Waals surface area contributed by atoms with Crippen molar-refractivity contribution in [1.29, 1.82) is 0 Å². The minimum absolute atomic E-state index is 0.0630. The molecule has 0 saturated heterocycles. The summed E-state index contributed by atoms with van der Waals surface area (Å²) in [6, 6.07) is 0. The average molecular weight is 277 g/mol. The molecule has 1 atom stereocenters. The van der Waals surface area contributed by atoms with Crippen molar-refractivity contribution in [1.82, 2.24) is 15.1 Å². The molecule has 2 aromatic rings. The molecule has 2 rings (SSSR count). The van der Waals surface area contributed by atoms with Gasteiger partial charge in [-0.2, -0.15) is 18.2 Å². The van der Waals surface area contributed by atoms with Crippen LogP contribution in [0.25, 0.3) is 11.5 Å². The van der Waals surface area contributed by atoms with Gasteiger partial charge in [0.1, 0.15) is 11.6 Å². The van der Waals surface area contributed by atoms with Crippen molar-refractivity contribution in [3.8, 4) is 11.5 Å². The maximum absolute atomic E-state index is 12.2. The summed E-state index contributed by atoms with van der Waals surface area (Å²) >= 11 is 1.28. The lowest BCUT2D eigenvalue weighted by Gasteiger charge is -2.07. The zero-order chi connectivity index (χ0) is 13.3. The zero-order valence-corrected chi connectivity index (χ0v) is 9.75. The quantitative estimate of drug-likeness (QED) is 0.861. The van der Waals surface area contributed by atoms with Gasteiger partial charge in [-0.3, -0.25) is 4.79 Å². The van der Waals surface area contributed by atoms with Gasteiger partial charge in [0.05, 0.1) is 5.51 Å². The molecule has 2 aromatic heterocycles. The van der Waals surface area contributed by atoms with E-state index in [1.807, 2.05) is 0 Å². The molecule has 0 N–H and O–H groups in total. The van der Waals surface area contributed by atoms with E-state index in [1.54, 1.807) is 5.38 Å². The monoisotopic (exact) mass is 277 g/mol. The molecule has 0 fully saturated rings. The van der Waals surface area contributed by atoms with E-state index in [0.29, 0.717) is 5.69 Å². The van der Waals surface area contributed by atoms with Crippen LogP contribution < -0.4 is 0 Å². The number of ketones is 1. The topological polar surface area (TPSA) is 68.9 Å². The summed E-state index contributed by atoms with van der Waals surface area (Å²) in [5.74, 6) is -3.76. The minimum atomic E-state index is -4.92. The number of carbonyl (C=O) groups excluding carboxylic acids is 1. The van der Waals surface area contributed by atoms with E-state index in [0.717, 1.165) is 6.92 Å². The van der Waals surface area contributed by atoms with Crippen molar-refractivity contribution >= 4 is 17.1 Å². The SMILES string of the molecule is CC(C(=O)C(F)(F)F)c1nc(-c2cscn2)no1. The first-order valence-corrected chi connectivity index (χ1v) is 5.67. The third-order valence-corrected chi connectivity index (χ3v) is 2.73. The van der Waals surface area contributed by atoms with Gasteiger partial charge in [0.2, 0.25) is 17.5 Å². The second kappa shape index (κ2) is 4.48. The summed E-state index contributed by atoms with van der Waals surface area (Å²) in [5, 5.41) is 5.10. The Kier molecular flexibility index (Phi) is 3.16. The predicted octanol–water partition coefficient (Wildman–Crippen LogP) is 2.43. The number of Topliss-reactive ketones (excluding diaryl/α,β-unsaturated/α-hetero) is 1. The van der Waals surface area contributed by atoms with Crippen LogP contribution in [0.15, 0.2) is 15.4 Å². The van der Waals surface area contributed by atoms with E-state index in [-0.39, 0.29) is 11.7 Å². The van der Waals surface area contributed by atoms with Gasteiger partial charge in [0.25, 0.3) is 0 Å². The minimum Gasteiger partial charge on any atom is -0.338 e. The normalized spacial score (nSPS) is 13.6. The number of hydrogen-bond donors (Lipinski definition) is 0. The van der Waals surface area contributed by atoms with Crippen LogP contribution in [0.4, 0.5) is 13.2 Å². The van der Waals surface area contributed by atoms with Crippen molar-refractivity contribution in [3.63, 3.8) is 0 Å². The van der Waals surface area contributed by atoms with E-state index < -0.39 is 17.9 Å². The summed E-state index contributed by atoms with van der Waals surface area (Å²) in [7, 11) is 0. The molecular formula is C9H6F3N3O2S. The Morgan fingerprint density at radius 1 is 1.50 bits per heavy atom. The molecule has 0 saturated carbocycles. The smallest absolute Gasteiger partial charge is 0.338 e. The van der Waals surface area contributed by atoms with Gasteiger partial charge in [-0.1, -0.05) is 5.16 Å². The van der Waals surface area contributed by atoms with Crippen molar-refractivity contribution < 1.29 is 22.5 Å². The third-order valence-electron chi connectivity index (χ3n) is 2.15. The van der Waals surface area contributed by atoms with E-state index in [2.05, 4.69) is 19.6 Å². The molecule has 0 spiro atoms. The molecule has 0 aromatic carbocycles. The van der Waals surface area contributed by atoms with Crippen molar-refractivity contribution in [3.05, 3.63) is 16.8 Å². The lowest BCUT2D eigenvalue weighted by molar-refractivity contribution is -0.172. The predicted molar refractivity (Wildman–Crippen MR) is 54.9 cm³/mol. The van der Waals surface area contributed by atoms with Gasteiger partial charge in [0, 0.05) is 5.38 Å². The number of nitrogens with zero attached hydrogens (tertiary/aromatic N) is 3. The number of aromatic nitrogens is 3. The lowest BCUT2D eigenvalue weighted by atomic mass is 10.1. The van der Waals surface area contributed by atoms with Crippen LogP contribution in [0.5, 0.6) is 0 Å². The number of hydrogen-bond acceptors (Lipinski definition) is 6. The highest BCUT2D eigenvalue weighted by Gasteiger charge is 2.44. The molecule has 0 aliphatic rings. The van der Waals surface area contributed by atoms with E-state index in [9.17, 15) is 18.0 Å². The van der Waals surface area contributed by atoms with Crippen molar-refractivity contribution in [2.75, 3.05) is 0 Å². The fourth-order valence-electron chi connectivity index (χ4n) is 1.20. The molecule has 9 heteroatoms. The first-order valence-electron chi connectivity index (χ1n) is 4.73. The van der Waals surface area contributed by atoms with Crippen LogP contribution in [0.3, 0.4) is 0 Å². The summed E-state index contributed by atoms with van der Waals surface area (Å²) in [6.45, 7) is 1.06. The number of halogens is 3. The molecule has 0 aliphatic heterocycles. The van der Waals surface area contributed by atoms with Crippen LogP contribution >= 0.6 is 11.3 Å². The second-order valence-electron chi connectivity index (χ2n) is 3.41. The maximum Gasteiger partial charge on any atom is 0.450 e. The van der Waals surface area contributed by atoms with Crippen LogP contribution in [-0.4, -0.2) is 27.1 Å². The molecule has 0 bridgehead atoms. The summed E-state index contributed by atoms with van der Waals surface area (Å²) in [5.41, 5.74) is 1.91. The number of thiazole rings is 1. The third kappa shape index (κ3) is 2.40. The molecule has 96 valence electrons. The molecular weight excluding hydrogens is 271 g/mol. The molecule has 18 heavy (non-hydrogen) atoms. The van der Waals surface area contributed by atoms with Crippen LogP contribution in [-0.2, 0) is 4.79 Å². The molecule has 0 amide bonds. The molecule has 0 aliphatic carbocycles. The van der Waals surface area contributed by atoms with Gasteiger partial charge < -0.3 is 4.52 Å². The van der Waals surface area contributed by atoms with Gasteiger partial charge in [-0.15, -0.1) is 11.3 Å². The fraction of sp³-hybridized carbons (Fsp3) is 0.333. The fourth-order valence-corrected chi connectivity index (χ4v) is 1.73. The number of carbonyl (C=O) groups is 1. The average Bonchev–Trinajstić information content (AvgIpc) is 2.95. The lowest BCUT2D eigenvalue weighted by Crippen LogP contribution is -2.27. The number of alkyl halides is 3. The largest absolute Gasteiger partial charge is 0.450 e. The van der Waals surface area contributed by atoms with Crippen LogP contribution in [0, 0.1) is 0 Å². The maximum atomic E-state index is 12.2. The van der Waals surface area contributed by atoms with Crippen molar-refractivity contribution in [2.45, 2.75) is 19.0 Å². The highest BCUT2D eigenvalue weighted by molar-refractivity contribution is 7.07. The first-order chi connectivity index (χ1) is 8.39.